The quantitative estimate of drug-likeness (QED) is 0.556. The zero-order valence-corrected chi connectivity index (χ0v) is 11.8. The van der Waals surface area contributed by atoms with Crippen LogP contribution in [0.4, 0.5) is 11.6 Å². The molecule has 1 aliphatic carbocycles. The van der Waals surface area contributed by atoms with Crippen molar-refractivity contribution in [2.75, 3.05) is 17.9 Å². The third-order valence-electron chi connectivity index (χ3n) is 3.66. The lowest BCUT2D eigenvalue weighted by Gasteiger charge is -2.19. The summed E-state index contributed by atoms with van der Waals surface area (Å²) in [6.45, 7) is 4.22. The lowest BCUT2D eigenvalue weighted by molar-refractivity contribution is 0.108. The van der Waals surface area contributed by atoms with E-state index in [1.54, 1.807) is 7.11 Å². The first-order chi connectivity index (χ1) is 9.15. The molecule has 0 aliphatic heterocycles. The minimum Gasteiger partial charge on any atom is -0.381 e. The molecule has 1 aliphatic rings. The molecule has 1 saturated carbocycles. The van der Waals surface area contributed by atoms with Gasteiger partial charge in [-0.05, 0) is 25.2 Å². The van der Waals surface area contributed by atoms with Crippen LogP contribution in [0, 0.1) is 0 Å². The van der Waals surface area contributed by atoms with Crippen LogP contribution in [0.25, 0.3) is 0 Å². The minimum absolute atomic E-state index is 0.300. The molecule has 1 fully saturated rings. The van der Waals surface area contributed by atoms with Crippen molar-refractivity contribution < 1.29 is 4.74 Å². The molecule has 4 N–H and O–H groups in total. The summed E-state index contributed by atoms with van der Waals surface area (Å²) in [5.41, 5.74) is 3.68. The third kappa shape index (κ3) is 3.13. The molecule has 0 spiro atoms. The maximum Gasteiger partial charge on any atom is 0.148 e. The van der Waals surface area contributed by atoms with Crippen molar-refractivity contribution in [2.24, 2.45) is 5.84 Å². The molecule has 106 valence electrons. The Bertz CT molecular complexity index is 423. The highest BCUT2D eigenvalue weighted by Gasteiger charge is 2.26. The summed E-state index contributed by atoms with van der Waals surface area (Å²) in [5.74, 6) is 7.38. The summed E-state index contributed by atoms with van der Waals surface area (Å²) in [4.78, 5) is 8.54. The Balaban J connectivity index is 2.16. The SMILES string of the molecule is COC1CCC(Nc2ncnc(NN)c2C(C)C)C1. The maximum absolute atomic E-state index is 5.52. The van der Waals surface area contributed by atoms with Crippen LogP contribution in [-0.2, 0) is 4.74 Å². The van der Waals surface area contributed by atoms with Gasteiger partial charge in [0.25, 0.3) is 0 Å². The van der Waals surface area contributed by atoms with Gasteiger partial charge in [-0.25, -0.2) is 15.8 Å². The van der Waals surface area contributed by atoms with E-state index in [0.717, 1.165) is 30.6 Å². The number of nitrogens with two attached hydrogens (primary N) is 1. The van der Waals surface area contributed by atoms with Crippen LogP contribution in [-0.4, -0.2) is 29.2 Å². The molecule has 2 rings (SSSR count). The molecule has 0 amide bonds. The fraction of sp³-hybridized carbons (Fsp3) is 0.692. The van der Waals surface area contributed by atoms with Crippen molar-refractivity contribution >= 4 is 11.6 Å². The predicted octanol–water partition coefficient (Wildman–Crippen LogP) is 1.86. The highest BCUT2D eigenvalue weighted by atomic mass is 16.5. The first kappa shape index (κ1) is 14.0. The highest BCUT2D eigenvalue weighted by Crippen LogP contribution is 2.31. The van der Waals surface area contributed by atoms with Crippen molar-refractivity contribution in [3.8, 4) is 0 Å². The second-order valence-corrected chi connectivity index (χ2v) is 5.30. The smallest absolute Gasteiger partial charge is 0.148 e. The van der Waals surface area contributed by atoms with E-state index in [1.807, 2.05) is 0 Å². The second kappa shape index (κ2) is 6.16. The molecular weight excluding hydrogens is 242 g/mol. The van der Waals surface area contributed by atoms with Crippen LogP contribution in [0.15, 0.2) is 6.33 Å². The van der Waals surface area contributed by atoms with Gasteiger partial charge in [0.05, 0.1) is 6.10 Å². The first-order valence-corrected chi connectivity index (χ1v) is 6.76. The average molecular weight is 265 g/mol. The Morgan fingerprint density at radius 3 is 2.63 bits per heavy atom. The van der Waals surface area contributed by atoms with Crippen LogP contribution in [0.1, 0.15) is 44.6 Å². The Hall–Kier alpha value is -1.40. The van der Waals surface area contributed by atoms with Crippen LogP contribution < -0.4 is 16.6 Å². The van der Waals surface area contributed by atoms with E-state index in [4.69, 9.17) is 10.6 Å². The van der Waals surface area contributed by atoms with E-state index in [2.05, 4.69) is 34.6 Å². The van der Waals surface area contributed by atoms with Crippen LogP contribution >= 0.6 is 0 Å². The van der Waals surface area contributed by atoms with Gasteiger partial charge in [0.2, 0.25) is 0 Å². The number of hydrogen-bond acceptors (Lipinski definition) is 6. The maximum atomic E-state index is 5.52. The summed E-state index contributed by atoms with van der Waals surface area (Å²) in [6, 6.07) is 0.406. The van der Waals surface area contributed by atoms with E-state index in [9.17, 15) is 0 Å². The van der Waals surface area contributed by atoms with E-state index < -0.39 is 0 Å². The third-order valence-corrected chi connectivity index (χ3v) is 3.66. The fourth-order valence-electron chi connectivity index (χ4n) is 2.65. The van der Waals surface area contributed by atoms with E-state index >= 15 is 0 Å². The van der Waals surface area contributed by atoms with Gasteiger partial charge in [-0.1, -0.05) is 13.8 Å². The number of methoxy groups -OCH3 is 1. The first-order valence-electron chi connectivity index (χ1n) is 6.76. The Morgan fingerprint density at radius 1 is 1.32 bits per heavy atom. The van der Waals surface area contributed by atoms with Gasteiger partial charge < -0.3 is 15.5 Å². The second-order valence-electron chi connectivity index (χ2n) is 5.30. The molecule has 6 heteroatoms. The van der Waals surface area contributed by atoms with E-state index in [1.165, 1.54) is 6.33 Å². The molecule has 0 aromatic carbocycles. The normalized spacial score (nSPS) is 22.8. The molecule has 0 radical (unpaired) electrons. The number of aromatic nitrogens is 2. The number of ether oxygens (including phenoxy) is 1. The fourth-order valence-corrected chi connectivity index (χ4v) is 2.65. The molecular formula is C13H23N5O. The number of hydrazine groups is 1. The van der Waals surface area contributed by atoms with Gasteiger partial charge in [-0.2, -0.15) is 0 Å². The van der Waals surface area contributed by atoms with Crippen molar-refractivity contribution in [1.29, 1.82) is 0 Å². The molecule has 1 heterocycles. The summed E-state index contributed by atoms with van der Waals surface area (Å²) >= 11 is 0. The molecule has 1 aromatic rings. The molecule has 0 saturated heterocycles. The van der Waals surface area contributed by atoms with Gasteiger partial charge in [-0.15, -0.1) is 0 Å². The number of anilines is 2. The number of rotatable bonds is 5. The zero-order chi connectivity index (χ0) is 13.8. The number of nitrogen functional groups attached to an aromatic ring is 1. The number of hydrogen-bond donors (Lipinski definition) is 3. The average Bonchev–Trinajstić information content (AvgIpc) is 2.85. The van der Waals surface area contributed by atoms with Gasteiger partial charge in [0, 0.05) is 18.7 Å². The summed E-state index contributed by atoms with van der Waals surface area (Å²) in [5, 5.41) is 3.50. The Kier molecular flexibility index (Phi) is 4.55. The number of nitrogens with one attached hydrogen (secondary N) is 2. The molecule has 2 atom stereocenters. The van der Waals surface area contributed by atoms with Gasteiger partial charge in [-0.3, -0.25) is 0 Å². The Morgan fingerprint density at radius 2 is 2.05 bits per heavy atom. The van der Waals surface area contributed by atoms with Crippen LogP contribution in [0.2, 0.25) is 0 Å². The molecule has 2 unspecified atom stereocenters. The standard InChI is InChI=1S/C13H23N5O/c1-8(2)11-12(15-7-16-13(11)18-14)17-9-4-5-10(6-9)19-3/h7-10H,4-6,14H2,1-3H3,(H2,15,16,17,18). The summed E-state index contributed by atoms with van der Waals surface area (Å²) in [6.07, 6.45) is 5.10. The minimum atomic E-state index is 0.300. The van der Waals surface area contributed by atoms with Gasteiger partial charge >= 0.3 is 0 Å². The summed E-state index contributed by atoms with van der Waals surface area (Å²) in [7, 11) is 1.77. The van der Waals surface area contributed by atoms with Crippen molar-refractivity contribution in [2.45, 2.75) is 51.2 Å². The van der Waals surface area contributed by atoms with Crippen LogP contribution in [0.5, 0.6) is 0 Å². The molecule has 6 nitrogen and oxygen atoms in total. The lowest BCUT2D eigenvalue weighted by atomic mass is 10.0. The zero-order valence-electron chi connectivity index (χ0n) is 11.8. The molecule has 19 heavy (non-hydrogen) atoms. The van der Waals surface area contributed by atoms with Gasteiger partial charge in [0.15, 0.2) is 0 Å². The topological polar surface area (TPSA) is 85.1 Å². The highest BCUT2D eigenvalue weighted by molar-refractivity contribution is 5.58. The van der Waals surface area contributed by atoms with Crippen molar-refractivity contribution in [3.05, 3.63) is 11.9 Å². The lowest BCUT2D eigenvalue weighted by Crippen LogP contribution is -2.21. The van der Waals surface area contributed by atoms with Gasteiger partial charge in [0.1, 0.15) is 18.0 Å². The predicted molar refractivity (Wildman–Crippen MR) is 76.0 cm³/mol. The number of nitrogens with zero attached hydrogens (tertiary/aromatic N) is 2. The van der Waals surface area contributed by atoms with Crippen molar-refractivity contribution in [1.82, 2.24) is 9.97 Å². The summed E-state index contributed by atoms with van der Waals surface area (Å²) < 4.78 is 5.40. The monoisotopic (exact) mass is 265 g/mol. The molecule has 0 bridgehead atoms. The molecule has 1 aromatic heterocycles. The van der Waals surface area contributed by atoms with E-state index in [-0.39, 0.29) is 0 Å². The van der Waals surface area contributed by atoms with Crippen molar-refractivity contribution in [3.63, 3.8) is 0 Å². The van der Waals surface area contributed by atoms with Crippen LogP contribution in [0.3, 0.4) is 0 Å². The Labute approximate surface area is 114 Å². The van der Waals surface area contributed by atoms with E-state index in [0.29, 0.717) is 23.9 Å². The largest absolute Gasteiger partial charge is 0.381 e.